The van der Waals surface area contributed by atoms with E-state index in [-0.39, 0.29) is 0 Å². The second kappa shape index (κ2) is 4.44. The van der Waals surface area contributed by atoms with Crippen molar-refractivity contribution in [3.05, 3.63) is 40.4 Å². The van der Waals surface area contributed by atoms with Crippen molar-refractivity contribution in [3.63, 3.8) is 0 Å². The molecule has 0 aliphatic carbocycles. The van der Waals surface area contributed by atoms with Crippen molar-refractivity contribution in [1.82, 2.24) is 0 Å². The third kappa shape index (κ3) is 2.72. The molecule has 2 N–H and O–H groups in total. The van der Waals surface area contributed by atoms with E-state index in [0.717, 1.165) is 11.1 Å². The van der Waals surface area contributed by atoms with E-state index in [1.807, 2.05) is 19.9 Å². The highest BCUT2D eigenvalue weighted by Crippen LogP contribution is 2.16. The Kier molecular flexibility index (Phi) is 3.50. The highest BCUT2D eigenvalue weighted by atomic mass is 16.4. The normalized spacial score (nSPS) is 10.9. The second-order valence-corrected chi connectivity index (χ2v) is 3.57. The zero-order chi connectivity index (χ0) is 10.7. The van der Waals surface area contributed by atoms with Crippen LogP contribution in [0, 0.1) is 20.8 Å². The summed E-state index contributed by atoms with van der Waals surface area (Å²) in [5.74, 6) is 1.36. The molecule has 0 saturated heterocycles. The van der Waals surface area contributed by atoms with Gasteiger partial charge in [0.05, 0.1) is 0 Å². The minimum absolute atomic E-state index is 1.03. The first-order valence-corrected chi connectivity index (χ1v) is 4.63. The zero-order valence-electron chi connectivity index (χ0n) is 8.78. The third-order valence-electron chi connectivity index (χ3n) is 2.33. The van der Waals surface area contributed by atoms with E-state index >= 15 is 0 Å². The molecule has 0 saturated carbocycles. The van der Waals surface area contributed by atoms with Crippen LogP contribution in [0.25, 0.3) is 6.08 Å². The fourth-order valence-corrected chi connectivity index (χ4v) is 1.35. The van der Waals surface area contributed by atoms with Crippen LogP contribution in [-0.4, -0.2) is 17.2 Å². The summed E-state index contributed by atoms with van der Waals surface area (Å²) < 4.78 is 0. The third-order valence-corrected chi connectivity index (χ3v) is 2.33. The Morgan fingerprint density at radius 2 is 1.57 bits per heavy atom. The molecule has 14 heavy (non-hydrogen) atoms. The van der Waals surface area contributed by atoms with Gasteiger partial charge >= 0.3 is 7.12 Å². The van der Waals surface area contributed by atoms with Crippen LogP contribution in [0.3, 0.4) is 0 Å². The molecule has 3 heteroatoms. The van der Waals surface area contributed by atoms with Crippen LogP contribution in [-0.2, 0) is 0 Å². The Hall–Kier alpha value is -1.06. The zero-order valence-corrected chi connectivity index (χ0v) is 8.78. The lowest BCUT2D eigenvalue weighted by Gasteiger charge is -2.05. The maximum Gasteiger partial charge on any atom is 0.480 e. The van der Waals surface area contributed by atoms with Gasteiger partial charge < -0.3 is 10.0 Å². The van der Waals surface area contributed by atoms with Crippen molar-refractivity contribution < 1.29 is 10.0 Å². The smallest absolute Gasteiger partial charge is 0.424 e. The number of rotatable bonds is 2. The van der Waals surface area contributed by atoms with Crippen molar-refractivity contribution in [2.24, 2.45) is 0 Å². The van der Waals surface area contributed by atoms with Crippen molar-refractivity contribution in [1.29, 1.82) is 0 Å². The fourth-order valence-electron chi connectivity index (χ4n) is 1.35. The van der Waals surface area contributed by atoms with Gasteiger partial charge in [-0.15, -0.1) is 0 Å². The molecule has 0 aromatic heterocycles. The predicted molar refractivity (Wildman–Crippen MR) is 59.9 cm³/mol. The number of hydrogen-bond acceptors (Lipinski definition) is 2. The molecule has 0 heterocycles. The van der Waals surface area contributed by atoms with Gasteiger partial charge in [-0.3, -0.25) is 0 Å². The molecule has 0 amide bonds. The molecule has 74 valence electrons. The number of aryl methyl sites for hydroxylation is 3. The summed E-state index contributed by atoms with van der Waals surface area (Å²) >= 11 is 0. The van der Waals surface area contributed by atoms with Gasteiger partial charge in [-0.1, -0.05) is 24.2 Å². The van der Waals surface area contributed by atoms with Crippen LogP contribution in [0.2, 0.25) is 0 Å². The lowest BCUT2D eigenvalue weighted by molar-refractivity contribution is 0.424. The van der Waals surface area contributed by atoms with Crippen LogP contribution in [0.15, 0.2) is 18.1 Å². The van der Waals surface area contributed by atoms with Crippen LogP contribution in [0.1, 0.15) is 22.3 Å². The summed E-state index contributed by atoms with van der Waals surface area (Å²) in [6.07, 6.45) is 1.73. The lowest BCUT2D eigenvalue weighted by Crippen LogP contribution is -2.05. The van der Waals surface area contributed by atoms with Crippen molar-refractivity contribution in [3.8, 4) is 0 Å². The molecule has 0 aliphatic heterocycles. The average Bonchev–Trinajstić information content (AvgIpc) is 2.09. The monoisotopic (exact) mass is 190 g/mol. The van der Waals surface area contributed by atoms with Gasteiger partial charge in [0.15, 0.2) is 0 Å². The first-order valence-electron chi connectivity index (χ1n) is 4.63. The van der Waals surface area contributed by atoms with Crippen molar-refractivity contribution in [2.45, 2.75) is 20.8 Å². The SMILES string of the molecule is Cc1cc(C)c(/C=C/B(O)O)cc1C. The first kappa shape index (κ1) is 11.0. The minimum atomic E-state index is -1.38. The molecule has 0 fully saturated rings. The Balaban J connectivity index is 3.04. The van der Waals surface area contributed by atoms with Gasteiger partial charge in [0.25, 0.3) is 0 Å². The van der Waals surface area contributed by atoms with Crippen molar-refractivity contribution in [2.75, 3.05) is 0 Å². The lowest BCUT2D eigenvalue weighted by atomic mass is 9.89. The topological polar surface area (TPSA) is 40.5 Å². The van der Waals surface area contributed by atoms with Gasteiger partial charge in [-0.2, -0.15) is 0 Å². The van der Waals surface area contributed by atoms with Gasteiger partial charge in [0.2, 0.25) is 0 Å². The number of benzene rings is 1. The number of hydrogen-bond donors (Lipinski definition) is 2. The summed E-state index contributed by atoms with van der Waals surface area (Å²) in [6.45, 7) is 6.12. The van der Waals surface area contributed by atoms with E-state index in [4.69, 9.17) is 10.0 Å². The van der Waals surface area contributed by atoms with Gasteiger partial charge in [0.1, 0.15) is 0 Å². The standard InChI is InChI=1S/C11H15BO2/c1-8-6-10(3)11(7-9(8)2)4-5-12(13)14/h4-7,13-14H,1-3H3/b5-4+. The Labute approximate surface area is 85.0 Å². The Morgan fingerprint density at radius 3 is 2.14 bits per heavy atom. The summed E-state index contributed by atoms with van der Waals surface area (Å²) in [7, 11) is -1.38. The predicted octanol–water partition coefficient (Wildman–Crippen LogP) is 1.64. The molecule has 1 aromatic carbocycles. The minimum Gasteiger partial charge on any atom is -0.424 e. The van der Waals surface area contributed by atoms with E-state index in [1.165, 1.54) is 17.1 Å². The quantitative estimate of drug-likeness (QED) is 0.696. The summed E-state index contributed by atoms with van der Waals surface area (Å²) in [6, 6.07) is 4.14. The van der Waals surface area contributed by atoms with E-state index in [0.29, 0.717) is 0 Å². The Morgan fingerprint density at radius 1 is 1.00 bits per heavy atom. The van der Waals surface area contributed by atoms with Crippen LogP contribution in [0.5, 0.6) is 0 Å². The molecular formula is C11H15BO2. The molecule has 0 unspecified atom stereocenters. The highest BCUT2D eigenvalue weighted by Gasteiger charge is 2.01. The maximum atomic E-state index is 8.70. The van der Waals surface area contributed by atoms with E-state index < -0.39 is 7.12 Å². The highest BCUT2D eigenvalue weighted by molar-refractivity contribution is 6.48. The molecular weight excluding hydrogens is 175 g/mol. The molecule has 1 rings (SSSR count). The van der Waals surface area contributed by atoms with Gasteiger partial charge in [-0.25, -0.2) is 0 Å². The summed E-state index contributed by atoms with van der Waals surface area (Å²) in [5, 5.41) is 17.4. The first-order chi connectivity index (χ1) is 6.50. The van der Waals surface area contributed by atoms with E-state index in [9.17, 15) is 0 Å². The molecule has 0 spiro atoms. The molecule has 0 bridgehead atoms. The maximum absolute atomic E-state index is 8.70. The molecule has 2 nitrogen and oxygen atoms in total. The average molecular weight is 190 g/mol. The van der Waals surface area contributed by atoms with Crippen molar-refractivity contribution >= 4 is 13.2 Å². The van der Waals surface area contributed by atoms with Crippen LogP contribution < -0.4 is 0 Å². The van der Waals surface area contributed by atoms with Gasteiger partial charge in [-0.05, 0) is 43.0 Å². The van der Waals surface area contributed by atoms with E-state index in [1.54, 1.807) is 6.08 Å². The van der Waals surface area contributed by atoms with Crippen LogP contribution in [0.4, 0.5) is 0 Å². The molecule has 1 aromatic rings. The molecule has 0 atom stereocenters. The van der Waals surface area contributed by atoms with E-state index in [2.05, 4.69) is 13.0 Å². The molecule has 0 aliphatic rings. The van der Waals surface area contributed by atoms with Gasteiger partial charge in [0, 0.05) is 0 Å². The second-order valence-electron chi connectivity index (χ2n) is 3.57. The largest absolute Gasteiger partial charge is 0.480 e. The Bertz CT molecular complexity index is 357. The summed E-state index contributed by atoms with van der Waals surface area (Å²) in [5.41, 5.74) is 4.64. The van der Waals surface area contributed by atoms with Crippen LogP contribution >= 0.6 is 0 Å². The summed E-state index contributed by atoms with van der Waals surface area (Å²) in [4.78, 5) is 0. The molecule has 0 radical (unpaired) electrons. The fraction of sp³-hybridized carbons (Fsp3) is 0.273.